The van der Waals surface area contributed by atoms with Crippen LogP contribution in [0.4, 0.5) is 0 Å². The van der Waals surface area contributed by atoms with Crippen LogP contribution in [0.2, 0.25) is 0 Å². The molecule has 2 heterocycles. The molecule has 0 saturated carbocycles. The maximum atomic E-state index is 6.46. The third-order valence-corrected chi connectivity index (χ3v) is 10.7. The highest BCUT2D eigenvalue weighted by Gasteiger charge is 2.19. The van der Waals surface area contributed by atoms with Gasteiger partial charge in [-0.3, -0.25) is 0 Å². The Morgan fingerprint density at radius 1 is 0.309 bits per heavy atom. The normalized spacial score (nSPS) is 11.6. The molecule has 0 atom stereocenters. The van der Waals surface area contributed by atoms with E-state index in [1.54, 1.807) is 0 Å². The summed E-state index contributed by atoms with van der Waals surface area (Å²) in [5.74, 6) is 1.76. The number of fused-ring (bicyclic) bond motifs is 7. The monoisotopic (exact) mass is 701 g/mol. The van der Waals surface area contributed by atoms with Crippen LogP contribution in [0.1, 0.15) is 0 Å². The Kier molecular flexibility index (Phi) is 7.14. The fraction of sp³-hybridized carbons (Fsp3) is 0. The van der Waals surface area contributed by atoms with Crippen LogP contribution in [-0.2, 0) is 0 Å². The number of furan rings is 1. The van der Waals surface area contributed by atoms with Crippen molar-refractivity contribution >= 4 is 54.3 Å². The van der Waals surface area contributed by atoms with E-state index in [1.165, 1.54) is 37.9 Å². The molecule has 0 saturated heterocycles. The molecule has 0 N–H and O–H groups in total. The van der Waals surface area contributed by atoms with E-state index in [2.05, 4.69) is 152 Å². The first kappa shape index (κ1) is 31.1. The number of benzene rings is 9. The van der Waals surface area contributed by atoms with Crippen molar-refractivity contribution in [1.29, 1.82) is 0 Å². The summed E-state index contributed by atoms with van der Waals surface area (Å²) in [5.41, 5.74) is 8.89. The highest BCUT2D eigenvalue weighted by atomic mass is 16.3. The molecule has 0 radical (unpaired) electrons. The van der Waals surface area contributed by atoms with Crippen LogP contribution >= 0.6 is 0 Å². The van der Waals surface area contributed by atoms with Crippen molar-refractivity contribution < 1.29 is 4.42 Å². The molecule has 9 aromatic carbocycles. The molecule has 0 bridgehead atoms. The van der Waals surface area contributed by atoms with Crippen molar-refractivity contribution in [1.82, 2.24) is 15.0 Å². The van der Waals surface area contributed by atoms with Crippen LogP contribution in [0.25, 0.3) is 111 Å². The summed E-state index contributed by atoms with van der Waals surface area (Å²) in [7, 11) is 0. The first-order chi connectivity index (χ1) is 27.2. The molecule has 256 valence electrons. The zero-order valence-corrected chi connectivity index (χ0v) is 29.6. The van der Waals surface area contributed by atoms with Crippen molar-refractivity contribution in [2.45, 2.75) is 0 Å². The third kappa shape index (κ3) is 5.26. The zero-order chi connectivity index (χ0) is 36.3. The maximum absolute atomic E-state index is 6.46. The number of hydrogen-bond acceptors (Lipinski definition) is 4. The summed E-state index contributed by atoms with van der Waals surface area (Å²) in [6, 6.07) is 65.9. The van der Waals surface area contributed by atoms with E-state index < -0.39 is 0 Å². The van der Waals surface area contributed by atoms with Crippen LogP contribution in [0, 0.1) is 0 Å². The number of nitrogens with zero attached hydrogens (tertiary/aromatic N) is 3. The lowest BCUT2D eigenvalue weighted by Gasteiger charge is -2.14. The molecule has 0 fully saturated rings. The quantitative estimate of drug-likeness (QED) is 0.132. The zero-order valence-electron chi connectivity index (χ0n) is 29.6. The molecule has 0 aliphatic heterocycles. The van der Waals surface area contributed by atoms with Gasteiger partial charge in [0.05, 0.1) is 5.56 Å². The Bertz CT molecular complexity index is 3240. The first-order valence-electron chi connectivity index (χ1n) is 18.5. The predicted octanol–water partition coefficient (Wildman–Crippen LogP) is 13.6. The van der Waals surface area contributed by atoms with Crippen molar-refractivity contribution in [2.75, 3.05) is 0 Å². The van der Waals surface area contributed by atoms with E-state index in [-0.39, 0.29) is 0 Å². The molecule has 55 heavy (non-hydrogen) atoms. The van der Waals surface area contributed by atoms with Crippen LogP contribution < -0.4 is 0 Å². The van der Waals surface area contributed by atoms with Crippen molar-refractivity contribution in [3.05, 3.63) is 188 Å². The number of aromatic nitrogens is 3. The van der Waals surface area contributed by atoms with Gasteiger partial charge in [-0.2, -0.15) is 0 Å². The summed E-state index contributed by atoms with van der Waals surface area (Å²) in [5, 5.41) is 9.51. The molecular formula is C51H31N3O. The topological polar surface area (TPSA) is 51.8 Å². The molecule has 11 aromatic rings. The van der Waals surface area contributed by atoms with Gasteiger partial charge in [-0.1, -0.05) is 170 Å². The van der Waals surface area contributed by atoms with Gasteiger partial charge < -0.3 is 4.42 Å². The minimum Gasteiger partial charge on any atom is -0.455 e. The Hall–Kier alpha value is -7.43. The number of rotatable bonds is 5. The fourth-order valence-electron chi connectivity index (χ4n) is 8.04. The molecule has 0 unspecified atom stereocenters. The van der Waals surface area contributed by atoms with Crippen LogP contribution in [0.3, 0.4) is 0 Å². The van der Waals surface area contributed by atoms with Crippen molar-refractivity contribution in [3.63, 3.8) is 0 Å². The largest absolute Gasteiger partial charge is 0.455 e. The summed E-state index contributed by atoms with van der Waals surface area (Å²) in [4.78, 5) is 15.3. The lowest BCUT2D eigenvalue weighted by Crippen LogP contribution is -2.00. The number of para-hydroxylation sites is 2. The van der Waals surface area contributed by atoms with Crippen LogP contribution in [-0.4, -0.2) is 15.0 Å². The van der Waals surface area contributed by atoms with E-state index in [4.69, 9.17) is 19.4 Å². The van der Waals surface area contributed by atoms with Gasteiger partial charge in [0.2, 0.25) is 0 Å². The molecule has 4 heteroatoms. The van der Waals surface area contributed by atoms with Gasteiger partial charge in [-0.15, -0.1) is 0 Å². The van der Waals surface area contributed by atoms with Crippen molar-refractivity contribution in [3.8, 4) is 56.4 Å². The van der Waals surface area contributed by atoms with E-state index in [9.17, 15) is 0 Å². The highest BCUT2D eigenvalue weighted by Crippen LogP contribution is 2.40. The summed E-state index contributed by atoms with van der Waals surface area (Å²) in [6.45, 7) is 0. The second-order valence-electron chi connectivity index (χ2n) is 14.0. The predicted molar refractivity (Wildman–Crippen MR) is 227 cm³/mol. The standard InChI is InChI=1S/C51H31N3O/c1-2-11-32(12-3-1)33-21-25-36(26-22-33)49-52-50(54-51(53-49)44-19-10-18-43-41-17-8-9-20-46(41)55-48(43)44)37-27-23-35(24-28-37)47-40-16-7-5-14-38(40)31-45-39-15-6-4-13-34(39)29-30-42(45)47/h1-31H. The van der Waals surface area contributed by atoms with E-state index >= 15 is 0 Å². The molecule has 0 amide bonds. The van der Waals surface area contributed by atoms with Crippen LogP contribution in [0.15, 0.2) is 192 Å². The van der Waals surface area contributed by atoms with Gasteiger partial charge in [0, 0.05) is 21.9 Å². The van der Waals surface area contributed by atoms with E-state index in [0.717, 1.165) is 55.3 Å². The summed E-state index contributed by atoms with van der Waals surface area (Å²) >= 11 is 0. The molecule has 0 aliphatic rings. The van der Waals surface area contributed by atoms with Gasteiger partial charge in [-0.25, -0.2) is 15.0 Å². The molecule has 0 spiro atoms. The third-order valence-electron chi connectivity index (χ3n) is 10.7. The minimum absolute atomic E-state index is 0.563. The lowest BCUT2D eigenvalue weighted by molar-refractivity contribution is 0.669. The summed E-state index contributed by atoms with van der Waals surface area (Å²) < 4.78 is 6.46. The first-order valence-corrected chi connectivity index (χ1v) is 18.5. The second kappa shape index (κ2) is 12.6. The minimum atomic E-state index is 0.563. The van der Waals surface area contributed by atoms with E-state index in [0.29, 0.717) is 17.5 Å². The molecule has 4 nitrogen and oxygen atoms in total. The summed E-state index contributed by atoms with van der Waals surface area (Å²) in [6.07, 6.45) is 0. The second-order valence-corrected chi connectivity index (χ2v) is 14.0. The molecule has 2 aromatic heterocycles. The highest BCUT2D eigenvalue weighted by molar-refractivity contribution is 6.20. The number of hydrogen-bond donors (Lipinski definition) is 0. The fourth-order valence-corrected chi connectivity index (χ4v) is 8.04. The van der Waals surface area contributed by atoms with Gasteiger partial charge in [0.1, 0.15) is 11.2 Å². The van der Waals surface area contributed by atoms with Gasteiger partial charge in [0.15, 0.2) is 17.5 Å². The van der Waals surface area contributed by atoms with Gasteiger partial charge in [0.25, 0.3) is 0 Å². The molecule has 11 rings (SSSR count). The smallest absolute Gasteiger partial charge is 0.167 e. The van der Waals surface area contributed by atoms with Gasteiger partial charge >= 0.3 is 0 Å². The molecule has 0 aliphatic carbocycles. The Morgan fingerprint density at radius 2 is 0.873 bits per heavy atom. The SMILES string of the molecule is c1ccc(-c2ccc(-c3nc(-c4ccc(-c5c6ccccc6cc6c5ccc5ccccc56)cc4)nc(-c4cccc5c4oc4ccccc45)n3)cc2)cc1. The average molecular weight is 702 g/mol. The van der Waals surface area contributed by atoms with Crippen molar-refractivity contribution in [2.24, 2.45) is 0 Å². The Balaban J connectivity index is 1.08. The lowest BCUT2D eigenvalue weighted by atomic mass is 9.89. The Labute approximate surface area is 317 Å². The van der Waals surface area contributed by atoms with Gasteiger partial charge in [-0.05, 0) is 72.8 Å². The maximum Gasteiger partial charge on any atom is 0.167 e. The average Bonchev–Trinajstić information content (AvgIpc) is 3.65. The Morgan fingerprint density at radius 3 is 1.64 bits per heavy atom. The van der Waals surface area contributed by atoms with E-state index in [1.807, 2.05) is 36.4 Å². The van der Waals surface area contributed by atoms with Crippen LogP contribution in [0.5, 0.6) is 0 Å². The molecular weight excluding hydrogens is 671 g/mol.